The minimum atomic E-state index is 0.0877. The molecule has 2 atom stereocenters. The molecule has 160 valence electrons. The van der Waals surface area contributed by atoms with Crippen molar-refractivity contribution >= 4 is 29.3 Å². The van der Waals surface area contributed by atoms with E-state index in [-0.39, 0.29) is 17.9 Å². The molecular formula is C23H30ClN5O. The van der Waals surface area contributed by atoms with Gasteiger partial charge in [0.15, 0.2) is 0 Å². The zero-order chi connectivity index (χ0) is 21.3. The van der Waals surface area contributed by atoms with Crippen LogP contribution in [-0.4, -0.2) is 42.1 Å². The first-order chi connectivity index (χ1) is 14.4. The van der Waals surface area contributed by atoms with Crippen LogP contribution in [0.4, 0.5) is 11.8 Å². The highest BCUT2D eigenvalue weighted by Gasteiger charge is 2.44. The Labute approximate surface area is 183 Å². The van der Waals surface area contributed by atoms with Gasteiger partial charge in [-0.3, -0.25) is 4.79 Å². The molecule has 2 aliphatic rings. The lowest BCUT2D eigenvalue weighted by atomic mass is 9.91. The summed E-state index contributed by atoms with van der Waals surface area (Å²) in [5.74, 6) is 2.20. The number of amides is 1. The predicted molar refractivity (Wildman–Crippen MR) is 121 cm³/mol. The Bertz CT molecular complexity index is 910. The maximum atomic E-state index is 12.7. The molecule has 0 bridgehead atoms. The highest BCUT2D eigenvalue weighted by atomic mass is 35.5. The van der Waals surface area contributed by atoms with Crippen LogP contribution in [0.2, 0.25) is 5.02 Å². The van der Waals surface area contributed by atoms with Crippen molar-refractivity contribution in [3.05, 3.63) is 46.6 Å². The molecule has 2 saturated carbocycles. The second-order valence-corrected chi connectivity index (χ2v) is 9.24. The largest absolute Gasteiger partial charge is 0.362 e. The van der Waals surface area contributed by atoms with Gasteiger partial charge in [0.05, 0.1) is 0 Å². The van der Waals surface area contributed by atoms with E-state index in [2.05, 4.69) is 26.7 Å². The molecule has 0 saturated heterocycles. The molecule has 4 rings (SSSR count). The van der Waals surface area contributed by atoms with Crippen molar-refractivity contribution in [1.82, 2.24) is 15.3 Å². The van der Waals surface area contributed by atoms with Gasteiger partial charge >= 0.3 is 0 Å². The summed E-state index contributed by atoms with van der Waals surface area (Å²) < 4.78 is 0. The number of aromatic nitrogens is 2. The fourth-order valence-electron chi connectivity index (χ4n) is 4.42. The van der Waals surface area contributed by atoms with Crippen LogP contribution in [-0.2, 0) is 4.79 Å². The van der Waals surface area contributed by atoms with E-state index >= 15 is 0 Å². The van der Waals surface area contributed by atoms with Crippen molar-refractivity contribution in [2.24, 2.45) is 5.92 Å². The number of benzene rings is 1. The fourth-order valence-corrected chi connectivity index (χ4v) is 4.62. The Morgan fingerprint density at radius 1 is 1.17 bits per heavy atom. The van der Waals surface area contributed by atoms with E-state index < -0.39 is 0 Å². The van der Waals surface area contributed by atoms with Crippen molar-refractivity contribution < 1.29 is 4.79 Å². The summed E-state index contributed by atoms with van der Waals surface area (Å²) in [5, 5.41) is 7.48. The summed E-state index contributed by atoms with van der Waals surface area (Å²) in [6.45, 7) is 2.02. The third-order valence-corrected chi connectivity index (χ3v) is 6.41. The SMILES string of the molecule is Cc1cnc(NC2CCC(NC(=O)[C@@H]3C[C@H]3c3cccc(Cl)c3)CC2)nc1N(C)C. The molecule has 0 spiro atoms. The van der Waals surface area contributed by atoms with Gasteiger partial charge in [-0.1, -0.05) is 23.7 Å². The average Bonchev–Trinajstić information content (AvgIpc) is 3.52. The molecule has 0 unspecified atom stereocenters. The zero-order valence-corrected chi connectivity index (χ0v) is 18.6. The first-order valence-corrected chi connectivity index (χ1v) is 11.1. The zero-order valence-electron chi connectivity index (χ0n) is 17.9. The summed E-state index contributed by atoms with van der Waals surface area (Å²) in [5.41, 5.74) is 2.24. The smallest absolute Gasteiger partial charge is 0.224 e. The van der Waals surface area contributed by atoms with Crippen LogP contribution >= 0.6 is 11.6 Å². The molecule has 1 heterocycles. The lowest BCUT2D eigenvalue weighted by molar-refractivity contribution is -0.123. The number of carbonyl (C=O) groups is 1. The van der Waals surface area contributed by atoms with E-state index in [4.69, 9.17) is 11.6 Å². The van der Waals surface area contributed by atoms with Gasteiger partial charge in [-0.25, -0.2) is 4.98 Å². The van der Waals surface area contributed by atoms with Crippen molar-refractivity contribution in [3.8, 4) is 0 Å². The van der Waals surface area contributed by atoms with Crippen molar-refractivity contribution in [2.45, 2.75) is 57.0 Å². The van der Waals surface area contributed by atoms with E-state index in [9.17, 15) is 4.79 Å². The number of aryl methyl sites for hydroxylation is 1. The lowest BCUT2D eigenvalue weighted by Crippen LogP contribution is -2.41. The van der Waals surface area contributed by atoms with Crippen LogP contribution in [0.3, 0.4) is 0 Å². The van der Waals surface area contributed by atoms with Crippen LogP contribution in [0.15, 0.2) is 30.5 Å². The molecule has 30 heavy (non-hydrogen) atoms. The van der Waals surface area contributed by atoms with Gasteiger partial charge in [-0.05, 0) is 62.6 Å². The first kappa shape index (κ1) is 20.9. The van der Waals surface area contributed by atoms with Gasteiger partial charge in [-0.2, -0.15) is 4.98 Å². The molecule has 7 heteroatoms. The summed E-state index contributed by atoms with van der Waals surface area (Å²) in [4.78, 5) is 23.7. The molecule has 2 fully saturated rings. The van der Waals surface area contributed by atoms with Crippen LogP contribution < -0.4 is 15.5 Å². The van der Waals surface area contributed by atoms with Gasteiger partial charge in [0.25, 0.3) is 0 Å². The molecule has 2 aromatic rings. The Morgan fingerprint density at radius 2 is 1.90 bits per heavy atom. The monoisotopic (exact) mass is 427 g/mol. The third kappa shape index (κ3) is 4.86. The van der Waals surface area contributed by atoms with E-state index in [1.54, 1.807) is 0 Å². The molecule has 1 aromatic heterocycles. The predicted octanol–water partition coefficient (Wildman–Crippen LogP) is 4.15. The number of nitrogens with one attached hydrogen (secondary N) is 2. The molecular weight excluding hydrogens is 398 g/mol. The summed E-state index contributed by atoms with van der Waals surface area (Å²) >= 11 is 6.09. The van der Waals surface area contributed by atoms with Crippen molar-refractivity contribution in [2.75, 3.05) is 24.3 Å². The van der Waals surface area contributed by atoms with Crippen LogP contribution in [0.25, 0.3) is 0 Å². The summed E-state index contributed by atoms with van der Waals surface area (Å²) in [6, 6.07) is 8.47. The second-order valence-electron chi connectivity index (χ2n) is 8.80. The van der Waals surface area contributed by atoms with E-state index in [1.165, 1.54) is 5.56 Å². The lowest BCUT2D eigenvalue weighted by Gasteiger charge is -2.30. The Kier molecular flexibility index (Phi) is 6.14. The highest BCUT2D eigenvalue weighted by molar-refractivity contribution is 6.30. The standard InChI is InChI=1S/C23H30ClN5O/c1-14-13-25-23(28-21(14)29(2)3)27-18-9-7-17(8-10-18)26-22(30)20-12-19(20)15-5-4-6-16(24)11-15/h4-6,11,13,17-20H,7-10,12H2,1-3H3,(H,26,30)(H,25,27,28)/t17?,18?,19-,20+/m0/s1. The normalized spacial score (nSPS) is 25.5. The Morgan fingerprint density at radius 3 is 2.60 bits per heavy atom. The molecule has 2 N–H and O–H groups in total. The molecule has 1 amide bonds. The highest BCUT2D eigenvalue weighted by Crippen LogP contribution is 2.48. The van der Waals surface area contributed by atoms with Crippen LogP contribution in [0.5, 0.6) is 0 Å². The Balaban J connectivity index is 1.24. The number of hydrogen-bond acceptors (Lipinski definition) is 5. The minimum absolute atomic E-state index is 0.0877. The first-order valence-electron chi connectivity index (χ1n) is 10.7. The van der Waals surface area contributed by atoms with Gasteiger partial charge in [0.2, 0.25) is 11.9 Å². The fraction of sp³-hybridized carbons (Fsp3) is 0.522. The Hall–Kier alpha value is -2.34. The van der Waals surface area contributed by atoms with Crippen molar-refractivity contribution in [1.29, 1.82) is 0 Å². The molecule has 2 aliphatic carbocycles. The number of rotatable bonds is 6. The number of carbonyl (C=O) groups excluding carboxylic acids is 1. The maximum absolute atomic E-state index is 12.7. The van der Waals surface area contributed by atoms with E-state index in [0.717, 1.165) is 48.5 Å². The summed E-state index contributed by atoms with van der Waals surface area (Å²) in [7, 11) is 3.98. The molecule has 6 nitrogen and oxygen atoms in total. The third-order valence-electron chi connectivity index (χ3n) is 6.18. The minimum Gasteiger partial charge on any atom is -0.362 e. The van der Waals surface area contributed by atoms with Crippen LogP contribution in [0, 0.1) is 12.8 Å². The van der Waals surface area contributed by atoms with Gasteiger partial charge < -0.3 is 15.5 Å². The maximum Gasteiger partial charge on any atom is 0.224 e. The number of halogens is 1. The van der Waals surface area contributed by atoms with E-state index in [0.29, 0.717) is 17.9 Å². The molecule has 0 aliphatic heterocycles. The van der Waals surface area contributed by atoms with Gasteiger partial charge in [-0.15, -0.1) is 0 Å². The molecule has 0 radical (unpaired) electrons. The quantitative estimate of drug-likeness (QED) is 0.724. The van der Waals surface area contributed by atoms with Gasteiger partial charge in [0.1, 0.15) is 5.82 Å². The topological polar surface area (TPSA) is 70.1 Å². The number of hydrogen-bond donors (Lipinski definition) is 2. The number of nitrogens with zero attached hydrogens (tertiary/aromatic N) is 3. The van der Waals surface area contributed by atoms with Gasteiger partial charge in [0, 0.05) is 48.9 Å². The van der Waals surface area contributed by atoms with Crippen LogP contribution in [0.1, 0.15) is 49.1 Å². The van der Waals surface area contributed by atoms with Crippen molar-refractivity contribution in [3.63, 3.8) is 0 Å². The van der Waals surface area contributed by atoms with E-state index in [1.807, 2.05) is 50.3 Å². The number of anilines is 2. The summed E-state index contributed by atoms with van der Waals surface area (Å²) in [6.07, 6.45) is 6.74. The molecule has 1 aromatic carbocycles. The average molecular weight is 428 g/mol. The second kappa shape index (κ2) is 8.80.